The number of hydrogen-bond donors (Lipinski definition) is 1. The number of para-hydroxylation sites is 1. The van der Waals surface area contributed by atoms with Crippen molar-refractivity contribution in [2.45, 2.75) is 20.5 Å². The number of anilines is 1. The summed E-state index contributed by atoms with van der Waals surface area (Å²) in [5.74, 6) is 1.53. The standard InChI is InChI=1S/C23H19ClN2O3S/c1-14-5-3-7-16(11-14)26-22(27)20(25-23(26)30)12-17-9-10-18(29-17)13-28-21-15(2)6-4-8-19(21)24/h3-12H,13H2,1-2H3,(H,25,30)/b20-12+. The number of aryl methyl sites for hydroxylation is 2. The molecule has 1 N–H and O–H groups in total. The maximum Gasteiger partial charge on any atom is 0.281 e. The van der Waals surface area contributed by atoms with Crippen molar-refractivity contribution in [3.63, 3.8) is 0 Å². The van der Waals surface area contributed by atoms with E-state index < -0.39 is 0 Å². The summed E-state index contributed by atoms with van der Waals surface area (Å²) in [5, 5.41) is 3.85. The fraction of sp³-hybridized carbons (Fsp3) is 0.130. The van der Waals surface area contributed by atoms with E-state index in [0.717, 1.165) is 16.8 Å². The summed E-state index contributed by atoms with van der Waals surface area (Å²) in [6.45, 7) is 4.12. The number of carbonyl (C=O) groups excluding carboxylic acids is 1. The Balaban J connectivity index is 1.49. The van der Waals surface area contributed by atoms with Gasteiger partial charge in [-0.2, -0.15) is 0 Å². The molecule has 30 heavy (non-hydrogen) atoms. The van der Waals surface area contributed by atoms with Crippen molar-refractivity contribution in [1.82, 2.24) is 5.32 Å². The van der Waals surface area contributed by atoms with Gasteiger partial charge in [-0.3, -0.25) is 9.69 Å². The molecule has 1 saturated heterocycles. The minimum Gasteiger partial charge on any atom is -0.484 e. The van der Waals surface area contributed by atoms with Gasteiger partial charge in [0.05, 0.1) is 10.7 Å². The number of thiocarbonyl (C=S) groups is 1. The molecule has 0 unspecified atom stereocenters. The molecule has 7 heteroatoms. The molecule has 0 spiro atoms. The minimum atomic E-state index is -0.230. The number of nitrogens with one attached hydrogen (secondary N) is 1. The summed E-state index contributed by atoms with van der Waals surface area (Å²) in [6.07, 6.45) is 1.63. The van der Waals surface area contributed by atoms with E-state index in [-0.39, 0.29) is 12.5 Å². The largest absolute Gasteiger partial charge is 0.484 e. The van der Waals surface area contributed by atoms with Crippen LogP contribution in [0, 0.1) is 13.8 Å². The molecule has 2 aromatic carbocycles. The third kappa shape index (κ3) is 4.10. The topological polar surface area (TPSA) is 54.7 Å². The van der Waals surface area contributed by atoms with Gasteiger partial charge < -0.3 is 14.5 Å². The number of rotatable bonds is 5. The minimum absolute atomic E-state index is 0.225. The molecular weight excluding hydrogens is 420 g/mol. The van der Waals surface area contributed by atoms with Crippen molar-refractivity contribution >= 4 is 46.6 Å². The van der Waals surface area contributed by atoms with Crippen LogP contribution in [0.2, 0.25) is 5.02 Å². The van der Waals surface area contributed by atoms with Gasteiger partial charge in [0.25, 0.3) is 5.91 Å². The summed E-state index contributed by atoms with van der Waals surface area (Å²) >= 11 is 11.5. The maximum absolute atomic E-state index is 12.9. The predicted molar refractivity (Wildman–Crippen MR) is 122 cm³/mol. The Bertz CT molecular complexity index is 1150. The van der Waals surface area contributed by atoms with Crippen molar-refractivity contribution in [2.24, 2.45) is 0 Å². The van der Waals surface area contributed by atoms with Crippen molar-refractivity contribution in [3.8, 4) is 5.75 Å². The van der Waals surface area contributed by atoms with E-state index in [0.29, 0.717) is 33.1 Å². The summed E-state index contributed by atoms with van der Waals surface area (Å²) in [6, 6.07) is 16.8. The highest BCUT2D eigenvalue weighted by atomic mass is 35.5. The number of amides is 1. The lowest BCUT2D eigenvalue weighted by molar-refractivity contribution is -0.113. The van der Waals surface area contributed by atoms with Gasteiger partial charge in [-0.15, -0.1) is 0 Å². The zero-order chi connectivity index (χ0) is 21.3. The first kappa shape index (κ1) is 20.2. The number of furan rings is 1. The molecule has 0 bridgehead atoms. The Morgan fingerprint density at radius 1 is 1.17 bits per heavy atom. The number of benzene rings is 2. The van der Waals surface area contributed by atoms with Gasteiger partial charge in [0.1, 0.15) is 29.6 Å². The highest BCUT2D eigenvalue weighted by Crippen LogP contribution is 2.29. The Kier molecular flexibility index (Phi) is 5.61. The van der Waals surface area contributed by atoms with Crippen LogP contribution in [0.1, 0.15) is 22.6 Å². The average molecular weight is 439 g/mol. The van der Waals surface area contributed by atoms with Crippen LogP contribution in [0.3, 0.4) is 0 Å². The third-order valence-corrected chi connectivity index (χ3v) is 5.21. The highest BCUT2D eigenvalue weighted by Gasteiger charge is 2.32. The molecule has 1 amide bonds. The monoisotopic (exact) mass is 438 g/mol. The third-order valence-electron chi connectivity index (χ3n) is 4.63. The van der Waals surface area contributed by atoms with E-state index in [4.69, 9.17) is 33.0 Å². The highest BCUT2D eigenvalue weighted by molar-refractivity contribution is 7.80. The van der Waals surface area contributed by atoms with E-state index in [1.807, 2.05) is 50.2 Å². The second kappa shape index (κ2) is 8.34. The molecule has 0 radical (unpaired) electrons. The Morgan fingerprint density at radius 2 is 1.97 bits per heavy atom. The first-order valence-electron chi connectivity index (χ1n) is 9.33. The SMILES string of the molecule is Cc1cccc(N2C(=O)/C(=C\c3ccc(COc4c(C)cccc4Cl)o3)NC2=S)c1. The number of carbonyl (C=O) groups is 1. The molecule has 3 aromatic rings. The molecule has 0 aliphatic carbocycles. The van der Waals surface area contributed by atoms with E-state index >= 15 is 0 Å². The number of halogens is 1. The van der Waals surface area contributed by atoms with E-state index in [2.05, 4.69) is 5.32 Å². The van der Waals surface area contributed by atoms with Crippen molar-refractivity contribution < 1.29 is 13.9 Å². The molecule has 4 rings (SSSR count). The van der Waals surface area contributed by atoms with E-state index in [1.165, 1.54) is 4.90 Å². The van der Waals surface area contributed by atoms with Crippen LogP contribution in [0.25, 0.3) is 6.08 Å². The van der Waals surface area contributed by atoms with Crippen LogP contribution in [-0.4, -0.2) is 11.0 Å². The smallest absolute Gasteiger partial charge is 0.281 e. The second-order valence-corrected chi connectivity index (χ2v) is 7.74. The van der Waals surface area contributed by atoms with Gasteiger partial charge in [0, 0.05) is 6.08 Å². The first-order valence-corrected chi connectivity index (χ1v) is 10.1. The van der Waals surface area contributed by atoms with Gasteiger partial charge in [-0.25, -0.2) is 0 Å². The number of ether oxygens (including phenoxy) is 1. The van der Waals surface area contributed by atoms with Gasteiger partial charge in [-0.1, -0.05) is 35.9 Å². The molecule has 1 aliphatic heterocycles. The zero-order valence-corrected chi connectivity index (χ0v) is 18.0. The lowest BCUT2D eigenvalue weighted by Crippen LogP contribution is -2.30. The van der Waals surface area contributed by atoms with Crippen LogP contribution in [0.4, 0.5) is 5.69 Å². The van der Waals surface area contributed by atoms with Crippen LogP contribution in [0.15, 0.2) is 64.7 Å². The van der Waals surface area contributed by atoms with Crippen molar-refractivity contribution in [2.75, 3.05) is 4.90 Å². The molecule has 5 nitrogen and oxygen atoms in total. The first-order chi connectivity index (χ1) is 14.4. The lowest BCUT2D eigenvalue weighted by Gasteiger charge is -2.14. The normalized spacial score (nSPS) is 15.0. The van der Waals surface area contributed by atoms with Crippen LogP contribution in [0.5, 0.6) is 5.75 Å². The molecule has 0 saturated carbocycles. The summed E-state index contributed by atoms with van der Waals surface area (Å²) < 4.78 is 11.6. The Morgan fingerprint density at radius 3 is 2.73 bits per heavy atom. The fourth-order valence-electron chi connectivity index (χ4n) is 3.17. The second-order valence-electron chi connectivity index (χ2n) is 6.95. The molecule has 1 aromatic heterocycles. The van der Waals surface area contributed by atoms with Gasteiger partial charge in [0.2, 0.25) is 0 Å². The Hall–Kier alpha value is -3.09. The van der Waals surface area contributed by atoms with Crippen molar-refractivity contribution in [3.05, 3.63) is 88.0 Å². The summed E-state index contributed by atoms with van der Waals surface area (Å²) in [7, 11) is 0. The van der Waals surface area contributed by atoms with Gasteiger partial charge in [-0.05, 0) is 67.5 Å². The molecule has 2 heterocycles. The summed E-state index contributed by atoms with van der Waals surface area (Å²) in [5.41, 5.74) is 3.07. The number of nitrogens with zero attached hydrogens (tertiary/aromatic N) is 1. The van der Waals surface area contributed by atoms with E-state index in [1.54, 1.807) is 24.3 Å². The van der Waals surface area contributed by atoms with E-state index in [9.17, 15) is 4.79 Å². The fourth-order valence-corrected chi connectivity index (χ4v) is 3.75. The predicted octanol–water partition coefficient (Wildman–Crippen LogP) is 5.39. The average Bonchev–Trinajstić information content (AvgIpc) is 3.25. The van der Waals surface area contributed by atoms with Gasteiger partial charge in [0.15, 0.2) is 5.11 Å². The van der Waals surface area contributed by atoms with Crippen LogP contribution in [-0.2, 0) is 11.4 Å². The molecular formula is C23H19ClN2O3S. The number of hydrogen-bond acceptors (Lipinski definition) is 4. The molecule has 1 aliphatic rings. The van der Waals surface area contributed by atoms with Crippen LogP contribution < -0.4 is 15.0 Å². The maximum atomic E-state index is 12.9. The quantitative estimate of drug-likeness (QED) is 0.427. The van der Waals surface area contributed by atoms with Crippen molar-refractivity contribution in [1.29, 1.82) is 0 Å². The molecule has 0 atom stereocenters. The summed E-state index contributed by atoms with van der Waals surface area (Å²) in [4.78, 5) is 14.3. The molecule has 152 valence electrons. The van der Waals surface area contributed by atoms with Gasteiger partial charge >= 0.3 is 0 Å². The lowest BCUT2D eigenvalue weighted by atomic mass is 10.2. The zero-order valence-electron chi connectivity index (χ0n) is 16.4. The molecule has 1 fully saturated rings. The van der Waals surface area contributed by atoms with Crippen LogP contribution >= 0.6 is 23.8 Å². The Labute approximate surface area is 184 Å².